The monoisotopic (exact) mass is 460 g/mol. The summed E-state index contributed by atoms with van der Waals surface area (Å²) in [5, 5.41) is 14.9. The highest BCUT2D eigenvalue weighted by molar-refractivity contribution is 6.38. The molecule has 5 rings (SSSR count). The standard InChI is InChI=1S/C25H25ClN6O/c1-30-13-8-14-31(16-15-30)20(33)17-32-25-21(23(29-32)18-9-4-2-5-10-18)22(26)24(27-28-25)19-11-6-3-7-12-19/h2-7,9-12H,8,13-17H2,1H3. The molecular formula is C25H25ClN6O. The first-order valence-electron chi connectivity index (χ1n) is 11.1. The van der Waals surface area contributed by atoms with E-state index in [1.165, 1.54) is 0 Å². The summed E-state index contributed by atoms with van der Waals surface area (Å²) in [4.78, 5) is 17.3. The van der Waals surface area contributed by atoms with Crippen LogP contribution in [0.2, 0.25) is 5.02 Å². The first-order valence-corrected chi connectivity index (χ1v) is 11.5. The number of nitrogens with zero attached hydrogens (tertiary/aromatic N) is 6. The van der Waals surface area contributed by atoms with Crippen molar-refractivity contribution in [3.8, 4) is 22.5 Å². The molecule has 1 aliphatic rings. The average molecular weight is 461 g/mol. The van der Waals surface area contributed by atoms with Crippen LogP contribution in [0.15, 0.2) is 60.7 Å². The third kappa shape index (κ3) is 4.34. The molecule has 7 nitrogen and oxygen atoms in total. The minimum Gasteiger partial charge on any atom is -0.340 e. The number of halogens is 1. The van der Waals surface area contributed by atoms with Gasteiger partial charge in [0, 0.05) is 30.8 Å². The Kier molecular flexibility index (Phi) is 6.07. The third-order valence-corrected chi connectivity index (χ3v) is 6.42. The van der Waals surface area contributed by atoms with Crippen LogP contribution in [0.4, 0.5) is 0 Å². The van der Waals surface area contributed by atoms with Crippen molar-refractivity contribution in [2.24, 2.45) is 0 Å². The van der Waals surface area contributed by atoms with Crippen LogP contribution >= 0.6 is 11.6 Å². The van der Waals surface area contributed by atoms with E-state index in [9.17, 15) is 4.79 Å². The van der Waals surface area contributed by atoms with E-state index >= 15 is 0 Å². The number of aromatic nitrogens is 4. The zero-order valence-corrected chi connectivity index (χ0v) is 19.2. The Morgan fingerprint density at radius 1 is 0.879 bits per heavy atom. The van der Waals surface area contributed by atoms with Gasteiger partial charge in [0.2, 0.25) is 5.91 Å². The molecule has 168 valence electrons. The van der Waals surface area contributed by atoms with Crippen LogP contribution in [0.3, 0.4) is 0 Å². The molecule has 0 saturated carbocycles. The first kappa shape index (κ1) is 21.6. The summed E-state index contributed by atoms with van der Waals surface area (Å²) in [5.41, 5.74) is 3.61. The van der Waals surface area contributed by atoms with Crippen molar-refractivity contribution < 1.29 is 4.79 Å². The lowest BCUT2D eigenvalue weighted by atomic mass is 10.1. The molecule has 33 heavy (non-hydrogen) atoms. The number of carbonyl (C=O) groups is 1. The number of likely N-dealkylation sites (N-methyl/N-ethyl adjacent to an activating group) is 1. The van der Waals surface area contributed by atoms with Gasteiger partial charge in [-0.2, -0.15) is 5.10 Å². The molecule has 8 heteroatoms. The summed E-state index contributed by atoms with van der Waals surface area (Å²) in [6, 6.07) is 19.6. The molecule has 0 spiro atoms. The summed E-state index contributed by atoms with van der Waals surface area (Å²) in [7, 11) is 2.09. The van der Waals surface area contributed by atoms with Crippen molar-refractivity contribution in [1.29, 1.82) is 0 Å². The summed E-state index contributed by atoms with van der Waals surface area (Å²) in [6.45, 7) is 3.43. The molecule has 0 radical (unpaired) electrons. The number of fused-ring (bicyclic) bond motifs is 1. The van der Waals surface area contributed by atoms with Crippen molar-refractivity contribution in [3.63, 3.8) is 0 Å². The topological polar surface area (TPSA) is 67.2 Å². The number of rotatable bonds is 4. The maximum atomic E-state index is 13.2. The summed E-state index contributed by atoms with van der Waals surface area (Å²) in [5.74, 6) is 0.0272. The molecular weight excluding hydrogens is 436 g/mol. The maximum Gasteiger partial charge on any atom is 0.244 e. The molecule has 0 atom stereocenters. The molecule has 3 heterocycles. The highest BCUT2D eigenvalue weighted by atomic mass is 35.5. The molecule has 0 N–H and O–H groups in total. The SMILES string of the molecule is CN1CCCN(C(=O)Cn2nc(-c3ccccc3)c3c(Cl)c(-c4ccccc4)nnc32)CC1. The quantitative estimate of drug-likeness (QED) is 0.461. The van der Waals surface area contributed by atoms with Crippen LogP contribution in [0.25, 0.3) is 33.5 Å². The normalized spacial score (nSPS) is 15.0. The predicted molar refractivity (Wildman–Crippen MR) is 130 cm³/mol. The minimum absolute atomic E-state index is 0.0272. The van der Waals surface area contributed by atoms with Crippen LogP contribution in [-0.4, -0.2) is 68.9 Å². The van der Waals surface area contributed by atoms with Gasteiger partial charge in [0.1, 0.15) is 17.9 Å². The fourth-order valence-corrected chi connectivity index (χ4v) is 4.55. The Balaban J connectivity index is 1.58. The molecule has 1 amide bonds. The van der Waals surface area contributed by atoms with Gasteiger partial charge >= 0.3 is 0 Å². The number of amides is 1. The molecule has 2 aromatic heterocycles. The van der Waals surface area contributed by atoms with E-state index in [4.69, 9.17) is 16.7 Å². The second kappa shape index (κ2) is 9.29. The van der Waals surface area contributed by atoms with Gasteiger partial charge in [-0.15, -0.1) is 10.2 Å². The second-order valence-corrected chi connectivity index (χ2v) is 8.72. The Bertz CT molecular complexity index is 1270. The minimum atomic E-state index is 0.0272. The number of hydrogen-bond donors (Lipinski definition) is 0. The molecule has 0 aliphatic carbocycles. The molecule has 1 saturated heterocycles. The van der Waals surface area contributed by atoms with Gasteiger partial charge in [-0.05, 0) is 20.0 Å². The molecule has 4 aromatic rings. The maximum absolute atomic E-state index is 13.2. The molecule has 1 fully saturated rings. The smallest absolute Gasteiger partial charge is 0.244 e. The van der Waals surface area contributed by atoms with Gasteiger partial charge in [-0.3, -0.25) is 4.79 Å². The van der Waals surface area contributed by atoms with Crippen molar-refractivity contribution in [1.82, 2.24) is 29.8 Å². The molecule has 2 aromatic carbocycles. The number of hydrogen-bond acceptors (Lipinski definition) is 5. The third-order valence-electron chi connectivity index (χ3n) is 6.05. The van der Waals surface area contributed by atoms with E-state index in [0.29, 0.717) is 34.0 Å². The molecule has 0 bridgehead atoms. The van der Waals surface area contributed by atoms with Crippen LogP contribution in [0.5, 0.6) is 0 Å². The van der Waals surface area contributed by atoms with Crippen molar-refractivity contribution >= 4 is 28.5 Å². The van der Waals surface area contributed by atoms with E-state index in [-0.39, 0.29) is 12.5 Å². The lowest BCUT2D eigenvalue weighted by Gasteiger charge is -2.20. The van der Waals surface area contributed by atoms with Crippen LogP contribution in [0, 0.1) is 0 Å². The van der Waals surface area contributed by atoms with E-state index in [1.807, 2.05) is 65.6 Å². The van der Waals surface area contributed by atoms with E-state index in [1.54, 1.807) is 4.68 Å². The predicted octanol–water partition coefficient (Wildman–Crippen LogP) is 3.98. The Hall–Kier alpha value is -3.29. The molecule has 0 unspecified atom stereocenters. The Labute approximate surface area is 197 Å². The van der Waals surface area contributed by atoms with Gasteiger partial charge in [0.15, 0.2) is 5.65 Å². The number of carbonyl (C=O) groups excluding carboxylic acids is 1. The van der Waals surface area contributed by atoms with Crippen molar-refractivity contribution in [2.75, 3.05) is 33.2 Å². The Morgan fingerprint density at radius 2 is 1.55 bits per heavy atom. The van der Waals surface area contributed by atoms with Crippen molar-refractivity contribution in [3.05, 3.63) is 65.7 Å². The largest absolute Gasteiger partial charge is 0.340 e. The highest BCUT2D eigenvalue weighted by Gasteiger charge is 2.24. The lowest BCUT2D eigenvalue weighted by Crippen LogP contribution is -2.37. The van der Waals surface area contributed by atoms with Crippen molar-refractivity contribution in [2.45, 2.75) is 13.0 Å². The van der Waals surface area contributed by atoms with Gasteiger partial charge < -0.3 is 9.80 Å². The highest BCUT2D eigenvalue weighted by Crippen LogP contribution is 2.37. The van der Waals surface area contributed by atoms with Crippen LogP contribution in [0.1, 0.15) is 6.42 Å². The van der Waals surface area contributed by atoms with E-state index in [2.05, 4.69) is 22.1 Å². The number of benzene rings is 2. The second-order valence-electron chi connectivity index (χ2n) is 8.34. The van der Waals surface area contributed by atoms with Crippen LogP contribution < -0.4 is 0 Å². The van der Waals surface area contributed by atoms with Gasteiger partial charge in [0.25, 0.3) is 0 Å². The lowest BCUT2D eigenvalue weighted by molar-refractivity contribution is -0.131. The average Bonchev–Trinajstić information content (AvgIpc) is 3.06. The van der Waals surface area contributed by atoms with E-state index in [0.717, 1.165) is 37.2 Å². The van der Waals surface area contributed by atoms with Gasteiger partial charge in [-0.25, -0.2) is 4.68 Å². The Morgan fingerprint density at radius 3 is 2.24 bits per heavy atom. The fourth-order valence-electron chi connectivity index (χ4n) is 4.23. The van der Waals surface area contributed by atoms with Gasteiger partial charge in [0.05, 0.1) is 10.4 Å². The van der Waals surface area contributed by atoms with Crippen LogP contribution in [-0.2, 0) is 11.3 Å². The molecule has 1 aliphatic heterocycles. The zero-order valence-electron chi connectivity index (χ0n) is 18.5. The zero-order chi connectivity index (χ0) is 22.8. The first-order chi connectivity index (χ1) is 16.1. The van der Waals surface area contributed by atoms with Gasteiger partial charge in [-0.1, -0.05) is 72.3 Å². The summed E-state index contributed by atoms with van der Waals surface area (Å²) >= 11 is 6.91. The summed E-state index contributed by atoms with van der Waals surface area (Å²) in [6.07, 6.45) is 0.962. The van der Waals surface area contributed by atoms with E-state index < -0.39 is 0 Å². The fraction of sp³-hybridized carbons (Fsp3) is 0.280. The summed E-state index contributed by atoms with van der Waals surface area (Å²) < 4.78 is 1.64.